The minimum atomic E-state index is -3.55. The van der Waals surface area contributed by atoms with Crippen molar-refractivity contribution in [3.05, 3.63) is 29.3 Å². The molecule has 0 amide bonds. The number of hydrogen-bond donors (Lipinski definition) is 2. The van der Waals surface area contributed by atoms with Crippen LogP contribution in [0.5, 0.6) is 0 Å². The highest BCUT2D eigenvalue weighted by Crippen LogP contribution is 2.18. The van der Waals surface area contributed by atoms with Gasteiger partial charge in [-0.3, -0.25) is 0 Å². The highest BCUT2D eigenvalue weighted by Gasteiger charge is 2.21. The van der Waals surface area contributed by atoms with Gasteiger partial charge in [-0.15, -0.1) is 0 Å². The van der Waals surface area contributed by atoms with E-state index >= 15 is 0 Å². The highest BCUT2D eigenvalue weighted by molar-refractivity contribution is 7.89. The van der Waals surface area contributed by atoms with E-state index in [-0.39, 0.29) is 18.0 Å². The van der Waals surface area contributed by atoms with Gasteiger partial charge < -0.3 is 10.8 Å². The van der Waals surface area contributed by atoms with Crippen LogP contribution < -0.4 is 5.73 Å². The standard InChI is InChI=1S/C15H22N2O3S/c1-12-11-15(7-6-14(12)5-4-9-16)21(19,20)17(3)10-8-13(2)18/h6-7,11,13,18H,8-10,16H2,1-3H3. The molecular formula is C15H22N2O3S. The summed E-state index contributed by atoms with van der Waals surface area (Å²) in [5.41, 5.74) is 6.89. The van der Waals surface area contributed by atoms with Gasteiger partial charge in [-0.2, -0.15) is 0 Å². The van der Waals surface area contributed by atoms with Crippen molar-refractivity contribution >= 4 is 10.0 Å². The fourth-order valence-corrected chi connectivity index (χ4v) is 3.02. The normalized spacial score (nSPS) is 12.9. The Labute approximate surface area is 126 Å². The number of hydrogen-bond acceptors (Lipinski definition) is 4. The van der Waals surface area contributed by atoms with Gasteiger partial charge in [-0.1, -0.05) is 11.8 Å². The van der Waals surface area contributed by atoms with E-state index < -0.39 is 16.1 Å². The maximum atomic E-state index is 12.4. The molecule has 116 valence electrons. The number of sulfonamides is 1. The monoisotopic (exact) mass is 310 g/mol. The molecule has 0 aliphatic carbocycles. The molecule has 1 atom stereocenters. The summed E-state index contributed by atoms with van der Waals surface area (Å²) < 4.78 is 26.1. The van der Waals surface area contributed by atoms with E-state index in [4.69, 9.17) is 5.73 Å². The third-order valence-corrected chi connectivity index (χ3v) is 4.95. The van der Waals surface area contributed by atoms with Crippen LogP contribution in [0, 0.1) is 18.8 Å². The summed E-state index contributed by atoms with van der Waals surface area (Å²) in [4.78, 5) is 0.228. The maximum Gasteiger partial charge on any atom is 0.242 e. The van der Waals surface area contributed by atoms with Gasteiger partial charge in [0, 0.05) is 19.2 Å². The van der Waals surface area contributed by atoms with Crippen molar-refractivity contribution < 1.29 is 13.5 Å². The Hall–Kier alpha value is -1.39. The molecule has 0 saturated heterocycles. The van der Waals surface area contributed by atoms with Gasteiger partial charge in [0.25, 0.3) is 0 Å². The van der Waals surface area contributed by atoms with Gasteiger partial charge >= 0.3 is 0 Å². The number of rotatable bonds is 5. The first kappa shape index (κ1) is 17.7. The zero-order valence-electron chi connectivity index (χ0n) is 12.6. The Morgan fingerprint density at radius 1 is 1.43 bits per heavy atom. The molecule has 1 rings (SSSR count). The zero-order valence-corrected chi connectivity index (χ0v) is 13.4. The minimum Gasteiger partial charge on any atom is -0.393 e. The molecule has 0 aromatic heterocycles. The lowest BCUT2D eigenvalue weighted by Gasteiger charge is -2.18. The lowest BCUT2D eigenvalue weighted by Crippen LogP contribution is -2.29. The van der Waals surface area contributed by atoms with Crippen molar-refractivity contribution in [1.29, 1.82) is 0 Å². The Morgan fingerprint density at radius 2 is 2.10 bits per heavy atom. The molecule has 21 heavy (non-hydrogen) atoms. The summed E-state index contributed by atoms with van der Waals surface area (Å²) in [7, 11) is -2.04. The molecule has 1 unspecified atom stereocenters. The number of nitrogens with two attached hydrogens (primary N) is 1. The van der Waals surface area contributed by atoms with E-state index in [9.17, 15) is 13.5 Å². The smallest absolute Gasteiger partial charge is 0.242 e. The molecule has 0 heterocycles. The van der Waals surface area contributed by atoms with E-state index in [1.807, 2.05) is 6.92 Å². The van der Waals surface area contributed by atoms with Gasteiger partial charge in [0.2, 0.25) is 10.0 Å². The number of aryl methyl sites for hydroxylation is 1. The van der Waals surface area contributed by atoms with Crippen LogP contribution in [0.2, 0.25) is 0 Å². The molecule has 1 aromatic rings. The predicted octanol–water partition coefficient (Wildman–Crippen LogP) is 0.697. The van der Waals surface area contributed by atoms with Gasteiger partial charge in [0.1, 0.15) is 0 Å². The third kappa shape index (κ3) is 4.83. The fourth-order valence-electron chi connectivity index (χ4n) is 1.75. The van der Waals surface area contributed by atoms with Gasteiger partial charge in [-0.05, 0) is 44.0 Å². The molecular weight excluding hydrogens is 288 g/mol. The van der Waals surface area contributed by atoms with E-state index in [0.29, 0.717) is 6.42 Å². The molecule has 3 N–H and O–H groups in total. The van der Waals surface area contributed by atoms with Crippen LogP contribution >= 0.6 is 0 Å². The Kier molecular flexibility index (Phi) is 6.37. The molecule has 0 aliphatic heterocycles. The molecule has 5 nitrogen and oxygen atoms in total. The average Bonchev–Trinajstić information content (AvgIpc) is 2.43. The SMILES string of the molecule is Cc1cc(S(=O)(=O)N(C)CCC(C)O)ccc1C#CCN. The first-order chi connectivity index (χ1) is 9.78. The molecule has 0 fully saturated rings. The lowest BCUT2D eigenvalue weighted by atomic mass is 10.1. The number of aliphatic hydroxyl groups is 1. The van der Waals surface area contributed by atoms with Crippen LogP contribution in [0.4, 0.5) is 0 Å². The topological polar surface area (TPSA) is 83.6 Å². The van der Waals surface area contributed by atoms with Crippen LogP contribution in [-0.4, -0.2) is 44.1 Å². The summed E-state index contributed by atoms with van der Waals surface area (Å²) in [6.07, 6.45) is -0.132. The maximum absolute atomic E-state index is 12.4. The Morgan fingerprint density at radius 3 is 2.62 bits per heavy atom. The second-order valence-electron chi connectivity index (χ2n) is 4.95. The van der Waals surface area contributed by atoms with Crippen molar-refractivity contribution in [1.82, 2.24) is 4.31 Å². The first-order valence-corrected chi connectivity index (χ1v) is 8.17. The number of nitrogens with zero attached hydrogens (tertiary/aromatic N) is 1. The van der Waals surface area contributed by atoms with Crippen molar-refractivity contribution in [2.24, 2.45) is 5.73 Å². The molecule has 0 bridgehead atoms. The quantitative estimate of drug-likeness (QED) is 0.784. The van der Waals surface area contributed by atoms with Crippen molar-refractivity contribution in [3.63, 3.8) is 0 Å². The Balaban J connectivity index is 3.01. The second-order valence-corrected chi connectivity index (χ2v) is 6.99. The van der Waals surface area contributed by atoms with Crippen LogP contribution in [-0.2, 0) is 10.0 Å². The largest absolute Gasteiger partial charge is 0.393 e. The van der Waals surface area contributed by atoms with Crippen LogP contribution in [0.25, 0.3) is 0 Å². The van der Waals surface area contributed by atoms with Gasteiger partial charge in [0.15, 0.2) is 0 Å². The molecule has 6 heteroatoms. The molecule has 0 spiro atoms. The summed E-state index contributed by atoms with van der Waals surface area (Å²) in [6, 6.07) is 4.84. The summed E-state index contributed by atoms with van der Waals surface area (Å²) in [5.74, 6) is 5.65. The zero-order chi connectivity index (χ0) is 16.0. The van der Waals surface area contributed by atoms with Crippen molar-refractivity contribution in [2.45, 2.75) is 31.3 Å². The third-order valence-electron chi connectivity index (χ3n) is 3.09. The van der Waals surface area contributed by atoms with E-state index in [0.717, 1.165) is 11.1 Å². The minimum absolute atomic E-state index is 0.228. The predicted molar refractivity (Wildman–Crippen MR) is 83.2 cm³/mol. The van der Waals surface area contributed by atoms with Crippen LogP contribution in [0.15, 0.2) is 23.1 Å². The van der Waals surface area contributed by atoms with E-state index in [1.54, 1.807) is 25.1 Å². The van der Waals surface area contributed by atoms with E-state index in [1.165, 1.54) is 11.4 Å². The summed E-state index contributed by atoms with van der Waals surface area (Å²) in [5, 5.41) is 9.25. The summed E-state index contributed by atoms with van der Waals surface area (Å²) in [6.45, 7) is 3.99. The molecule has 0 radical (unpaired) electrons. The fraction of sp³-hybridized carbons (Fsp3) is 0.467. The highest BCUT2D eigenvalue weighted by atomic mass is 32.2. The molecule has 1 aromatic carbocycles. The second kappa shape index (κ2) is 7.57. The Bertz CT molecular complexity index is 643. The number of aliphatic hydroxyl groups excluding tert-OH is 1. The first-order valence-electron chi connectivity index (χ1n) is 6.73. The van der Waals surface area contributed by atoms with Crippen LogP contribution in [0.1, 0.15) is 24.5 Å². The van der Waals surface area contributed by atoms with Gasteiger partial charge in [-0.25, -0.2) is 12.7 Å². The molecule has 0 aliphatic rings. The van der Waals surface area contributed by atoms with Crippen LogP contribution in [0.3, 0.4) is 0 Å². The van der Waals surface area contributed by atoms with Crippen molar-refractivity contribution in [2.75, 3.05) is 20.1 Å². The van der Waals surface area contributed by atoms with E-state index in [2.05, 4.69) is 11.8 Å². The van der Waals surface area contributed by atoms with Crippen molar-refractivity contribution in [3.8, 4) is 11.8 Å². The van der Waals surface area contributed by atoms with Gasteiger partial charge in [0.05, 0.1) is 17.5 Å². The molecule has 0 saturated carbocycles. The summed E-state index contributed by atoms with van der Waals surface area (Å²) >= 11 is 0. The average molecular weight is 310 g/mol. The lowest BCUT2D eigenvalue weighted by molar-refractivity contribution is 0.177. The number of benzene rings is 1.